The van der Waals surface area contributed by atoms with Crippen LogP contribution in [0.25, 0.3) is 0 Å². The van der Waals surface area contributed by atoms with Gasteiger partial charge in [0.05, 0.1) is 17.2 Å². The number of ketones is 1. The highest BCUT2D eigenvalue weighted by Gasteiger charge is 2.38. The summed E-state index contributed by atoms with van der Waals surface area (Å²) >= 11 is 3.79. The van der Waals surface area contributed by atoms with Crippen molar-refractivity contribution in [1.82, 2.24) is 5.32 Å². The van der Waals surface area contributed by atoms with Gasteiger partial charge in [-0.1, -0.05) is 32.9 Å². The minimum absolute atomic E-state index is 0.0332. The SMILES string of the molecule is CCS.CNCOC1=C(C(C)N=Cc2cccc(C(F)(F)F)c2)C(=O)CCC1(C)C. The van der Waals surface area contributed by atoms with Crippen LogP contribution >= 0.6 is 12.6 Å². The number of carbonyl (C=O) groups excluding carboxylic acids is 1. The molecule has 1 aliphatic rings. The molecule has 0 bridgehead atoms. The van der Waals surface area contributed by atoms with E-state index in [9.17, 15) is 18.0 Å². The molecule has 1 unspecified atom stereocenters. The van der Waals surface area contributed by atoms with Crippen molar-refractivity contribution in [1.29, 1.82) is 0 Å². The highest BCUT2D eigenvalue weighted by molar-refractivity contribution is 7.80. The number of hydrogen-bond donors (Lipinski definition) is 2. The molecule has 0 fully saturated rings. The van der Waals surface area contributed by atoms with Crippen molar-refractivity contribution >= 4 is 24.6 Å². The summed E-state index contributed by atoms with van der Waals surface area (Å²) < 4.78 is 44.3. The van der Waals surface area contributed by atoms with E-state index in [0.717, 1.165) is 17.9 Å². The number of thiol groups is 1. The first-order valence-corrected chi connectivity index (χ1v) is 10.5. The van der Waals surface area contributed by atoms with Gasteiger partial charge in [0, 0.05) is 18.1 Å². The van der Waals surface area contributed by atoms with Crippen LogP contribution in [0.5, 0.6) is 0 Å². The molecule has 4 nitrogen and oxygen atoms in total. The van der Waals surface area contributed by atoms with Crippen LogP contribution < -0.4 is 5.32 Å². The van der Waals surface area contributed by atoms with E-state index in [2.05, 4.69) is 22.9 Å². The molecular weight excluding hydrogens is 413 g/mol. The lowest BCUT2D eigenvalue weighted by molar-refractivity contribution is -0.137. The Kier molecular flexibility index (Phi) is 10.1. The number of ether oxygens (including phenoxy) is 1. The summed E-state index contributed by atoms with van der Waals surface area (Å²) in [6, 6.07) is 4.42. The van der Waals surface area contributed by atoms with E-state index in [1.165, 1.54) is 12.3 Å². The van der Waals surface area contributed by atoms with Gasteiger partial charge >= 0.3 is 6.18 Å². The molecule has 0 saturated carbocycles. The fourth-order valence-corrected chi connectivity index (χ4v) is 3.07. The molecule has 1 aromatic carbocycles. The third-order valence-electron chi connectivity index (χ3n) is 4.58. The molecule has 0 radical (unpaired) electrons. The molecule has 1 aliphatic carbocycles. The molecule has 30 heavy (non-hydrogen) atoms. The van der Waals surface area contributed by atoms with Gasteiger partial charge in [-0.25, -0.2) is 0 Å². The average molecular weight is 445 g/mol. The summed E-state index contributed by atoms with van der Waals surface area (Å²) in [7, 11) is 1.74. The van der Waals surface area contributed by atoms with Crippen LogP contribution in [0, 0.1) is 5.41 Å². The number of rotatable bonds is 6. The lowest BCUT2D eigenvalue weighted by atomic mass is 9.75. The van der Waals surface area contributed by atoms with Gasteiger partial charge in [-0.05, 0) is 43.8 Å². The summed E-state index contributed by atoms with van der Waals surface area (Å²) in [5.74, 6) is 1.51. The van der Waals surface area contributed by atoms with Gasteiger partial charge in [-0.15, -0.1) is 0 Å². The fraction of sp³-hybridized carbons (Fsp3) is 0.545. The number of hydrogen-bond acceptors (Lipinski definition) is 5. The third kappa shape index (κ3) is 7.47. The lowest BCUT2D eigenvalue weighted by Crippen LogP contribution is -2.32. The first-order valence-electron chi connectivity index (χ1n) is 9.84. The second-order valence-corrected chi connectivity index (χ2v) is 8.22. The second kappa shape index (κ2) is 11.6. The third-order valence-corrected chi connectivity index (χ3v) is 4.58. The average Bonchev–Trinajstić information content (AvgIpc) is 2.67. The lowest BCUT2D eigenvalue weighted by Gasteiger charge is -2.34. The van der Waals surface area contributed by atoms with Crippen molar-refractivity contribution in [2.24, 2.45) is 10.4 Å². The zero-order valence-corrected chi connectivity index (χ0v) is 19.0. The molecule has 2 rings (SSSR count). The van der Waals surface area contributed by atoms with Gasteiger partial charge in [-0.3, -0.25) is 15.1 Å². The number of alkyl halides is 3. The van der Waals surface area contributed by atoms with Crippen molar-refractivity contribution < 1.29 is 22.7 Å². The predicted octanol–water partition coefficient (Wildman–Crippen LogP) is 5.29. The molecular formula is C22H31F3N2O2S. The van der Waals surface area contributed by atoms with Crippen LogP contribution in [0.2, 0.25) is 0 Å². The maximum Gasteiger partial charge on any atom is 0.416 e. The van der Waals surface area contributed by atoms with Gasteiger partial charge in [0.25, 0.3) is 0 Å². The summed E-state index contributed by atoms with van der Waals surface area (Å²) in [6.07, 6.45) is -1.95. The summed E-state index contributed by atoms with van der Waals surface area (Å²) in [5, 5.41) is 2.89. The highest BCUT2D eigenvalue weighted by Crippen LogP contribution is 2.40. The smallest absolute Gasteiger partial charge is 0.416 e. The topological polar surface area (TPSA) is 50.7 Å². The quantitative estimate of drug-likeness (QED) is 0.356. The Morgan fingerprint density at radius 3 is 2.57 bits per heavy atom. The molecule has 0 aromatic heterocycles. The maximum atomic E-state index is 12.8. The summed E-state index contributed by atoms with van der Waals surface area (Å²) in [5.41, 5.74) is -0.214. The van der Waals surface area contributed by atoms with E-state index < -0.39 is 17.8 Å². The Balaban J connectivity index is 0.00000141. The zero-order chi connectivity index (χ0) is 22.9. The van der Waals surface area contributed by atoms with Crippen LogP contribution in [0.15, 0.2) is 40.6 Å². The fourth-order valence-electron chi connectivity index (χ4n) is 3.07. The van der Waals surface area contributed by atoms with E-state index in [1.807, 2.05) is 20.8 Å². The minimum atomic E-state index is -4.41. The van der Waals surface area contributed by atoms with E-state index in [-0.39, 0.29) is 17.9 Å². The molecule has 0 heterocycles. The van der Waals surface area contributed by atoms with Gasteiger partial charge in [0.2, 0.25) is 0 Å². The standard InChI is InChI=1S/C20H25F3N2O2.C2H6S/c1-13(25-11-14-6-5-7-15(10-14)20(21,22)23)17-16(26)8-9-19(2,3)18(17)27-12-24-4;1-2-3/h5-7,10-11,13,24H,8-9,12H2,1-4H3;3H,2H2,1H3. The predicted molar refractivity (Wildman–Crippen MR) is 118 cm³/mol. The molecule has 0 spiro atoms. The first-order chi connectivity index (χ1) is 14.0. The van der Waals surface area contributed by atoms with Crippen molar-refractivity contribution in [2.45, 2.75) is 52.8 Å². The summed E-state index contributed by atoms with van der Waals surface area (Å²) in [6.45, 7) is 8.02. The van der Waals surface area contributed by atoms with Gasteiger partial charge in [0.1, 0.15) is 12.5 Å². The van der Waals surface area contributed by atoms with Crippen molar-refractivity contribution in [3.63, 3.8) is 0 Å². The Hall–Kier alpha value is -1.80. The number of nitrogens with one attached hydrogen (secondary N) is 1. The van der Waals surface area contributed by atoms with E-state index in [1.54, 1.807) is 20.0 Å². The number of Topliss-reactive ketones (excluding diaryl/α,β-unsaturated/α-hetero) is 1. The molecule has 0 saturated heterocycles. The molecule has 1 aromatic rings. The highest BCUT2D eigenvalue weighted by atomic mass is 32.1. The second-order valence-electron chi connectivity index (χ2n) is 7.59. The minimum Gasteiger partial charge on any atom is -0.482 e. The van der Waals surface area contributed by atoms with E-state index >= 15 is 0 Å². The van der Waals surface area contributed by atoms with Crippen molar-refractivity contribution in [3.8, 4) is 0 Å². The number of carbonyl (C=O) groups is 1. The number of halogens is 3. The number of benzene rings is 1. The number of nitrogens with zero attached hydrogens (tertiary/aromatic N) is 1. The Labute approximate surface area is 182 Å². The van der Waals surface area contributed by atoms with Crippen LogP contribution in [0.4, 0.5) is 13.2 Å². The molecule has 0 amide bonds. The Morgan fingerprint density at radius 2 is 2.00 bits per heavy atom. The van der Waals surface area contributed by atoms with Crippen LogP contribution in [-0.4, -0.2) is 37.6 Å². The van der Waals surface area contributed by atoms with E-state index in [4.69, 9.17) is 4.74 Å². The van der Waals surface area contributed by atoms with Crippen molar-refractivity contribution in [3.05, 3.63) is 46.7 Å². The van der Waals surface area contributed by atoms with Gasteiger partial charge < -0.3 is 4.74 Å². The van der Waals surface area contributed by atoms with E-state index in [0.29, 0.717) is 29.7 Å². The molecule has 0 aliphatic heterocycles. The first kappa shape index (κ1) is 26.2. The monoisotopic (exact) mass is 444 g/mol. The Morgan fingerprint density at radius 1 is 1.37 bits per heavy atom. The van der Waals surface area contributed by atoms with Gasteiger partial charge in [0.15, 0.2) is 5.78 Å². The maximum absolute atomic E-state index is 12.8. The zero-order valence-electron chi connectivity index (χ0n) is 18.1. The van der Waals surface area contributed by atoms with Crippen LogP contribution in [-0.2, 0) is 15.7 Å². The Bertz CT molecular complexity index is 774. The largest absolute Gasteiger partial charge is 0.482 e. The normalized spacial score (nSPS) is 17.6. The van der Waals surface area contributed by atoms with Gasteiger partial charge in [-0.2, -0.15) is 25.8 Å². The molecule has 1 atom stereocenters. The molecule has 168 valence electrons. The van der Waals surface area contributed by atoms with Crippen LogP contribution in [0.3, 0.4) is 0 Å². The number of allylic oxidation sites excluding steroid dienone is 1. The van der Waals surface area contributed by atoms with Crippen molar-refractivity contribution in [2.75, 3.05) is 19.5 Å². The summed E-state index contributed by atoms with van der Waals surface area (Å²) in [4.78, 5) is 16.9. The molecule has 1 N–H and O–H groups in total. The molecule has 8 heteroatoms. The van der Waals surface area contributed by atoms with Crippen LogP contribution in [0.1, 0.15) is 51.7 Å². The number of aliphatic imine (C=N–C) groups is 1.